The average Bonchev–Trinajstić information content (AvgIpc) is 2.33. The highest BCUT2D eigenvalue weighted by Crippen LogP contribution is 2.19. The van der Waals surface area contributed by atoms with Gasteiger partial charge in [0.05, 0.1) is 0 Å². The SMILES string of the molecule is C1CNC2C[N]CC2C1. The van der Waals surface area contributed by atoms with Crippen LogP contribution in [0.3, 0.4) is 0 Å². The lowest BCUT2D eigenvalue weighted by Crippen LogP contribution is -2.40. The van der Waals surface area contributed by atoms with E-state index in [2.05, 4.69) is 10.6 Å². The molecule has 2 atom stereocenters. The summed E-state index contributed by atoms with van der Waals surface area (Å²) in [5.74, 6) is 0.888. The van der Waals surface area contributed by atoms with Crippen LogP contribution in [0.1, 0.15) is 12.8 Å². The van der Waals surface area contributed by atoms with Crippen molar-refractivity contribution in [1.29, 1.82) is 0 Å². The van der Waals surface area contributed by atoms with Gasteiger partial charge < -0.3 is 5.32 Å². The van der Waals surface area contributed by atoms with Crippen molar-refractivity contribution >= 4 is 0 Å². The van der Waals surface area contributed by atoms with Gasteiger partial charge >= 0.3 is 0 Å². The van der Waals surface area contributed by atoms with Crippen LogP contribution in [0.15, 0.2) is 0 Å². The van der Waals surface area contributed by atoms with Crippen molar-refractivity contribution in [3.63, 3.8) is 0 Å². The number of piperidine rings is 1. The summed E-state index contributed by atoms with van der Waals surface area (Å²) in [6.07, 6.45) is 2.76. The van der Waals surface area contributed by atoms with Crippen molar-refractivity contribution in [2.24, 2.45) is 5.92 Å². The first kappa shape index (κ1) is 5.69. The van der Waals surface area contributed by atoms with Gasteiger partial charge in [0.1, 0.15) is 0 Å². The molecule has 2 aliphatic rings. The zero-order valence-electron chi connectivity index (χ0n) is 5.64. The quantitative estimate of drug-likeness (QED) is 0.483. The van der Waals surface area contributed by atoms with Gasteiger partial charge in [-0.3, -0.25) is 0 Å². The molecule has 0 aromatic carbocycles. The highest BCUT2D eigenvalue weighted by molar-refractivity contribution is 4.88. The van der Waals surface area contributed by atoms with E-state index in [0.717, 1.165) is 25.0 Å². The first-order chi connectivity index (χ1) is 4.47. The second-order valence-corrected chi connectivity index (χ2v) is 3.05. The summed E-state index contributed by atoms with van der Waals surface area (Å²) in [6.45, 7) is 3.42. The smallest absolute Gasteiger partial charge is 0.0290 e. The molecule has 0 amide bonds. The topological polar surface area (TPSA) is 26.1 Å². The molecule has 1 N–H and O–H groups in total. The molecule has 2 saturated heterocycles. The van der Waals surface area contributed by atoms with Crippen LogP contribution in [-0.4, -0.2) is 25.7 Å². The Labute approximate surface area is 56.0 Å². The molecule has 2 fully saturated rings. The van der Waals surface area contributed by atoms with Crippen molar-refractivity contribution < 1.29 is 0 Å². The maximum atomic E-state index is 4.37. The number of nitrogens with zero attached hydrogens (tertiary/aromatic N) is 1. The number of hydrogen-bond acceptors (Lipinski definition) is 1. The van der Waals surface area contributed by atoms with E-state index in [1.165, 1.54) is 19.4 Å². The maximum absolute atomic E-state index is 4.37. The molecular weight excluding hydrogens is 112 g/mol. The first-order valence-corrected chi connectivity index (χ1v) is 3.83. The Bertz CT molecular complexity index is 91.1. The van der Waals surface area contributed by atoms with Gasteiger partial charge in [0.2, 0.25) is 0 Å². The van der Waals surface area contributed by atoms with Crippen LogP contribution in [0.4, 0.5) is 0 Å². The average molecular weight is 125 g/mol. The van der Waals surface area contributed by atoms with E-state index >= 15 is 0 Å². The maximum Gasteiger partial charge on any atom is 0.0290 e. The molecule has 0 aromatic rings. The molecule has 0 aromatic heterocycles. The zero-order chi connectivity index (χ0) is 6.10. The molecular formula is C7H13N2. The molecule has 1 radical (unpaired) electrons. The van der Waals surface area contributed by atoms with Crippen LogP contribution in [0, 0.1) is 5.92 Å². The molecule has 2 nitrogen and oxygen atoms in total. The van der Waals surface area contributed by atoms with Gasteiger partial charge in [-0.15, -0.1) is 0 Å². The van der Waals surface area contributed by atoms with Gasteiger partial charge in [-0.2, -0.15) is 0 Å². The van der Waals surface area contributed by atoms with Crippen molar-refractivity contribution in [2.75, 3.05) is 19.6 Å². The molecule has 0 aliphatic carbocycles. The fraction of sp³-hybridized carbons (Fsp3) is 1.00. The zero-order valence-corrected chi connectivity index (χ0v) is 5.64. The second-order valence-electron chi connectivity index (χ2n) is 3.05. The Morgan fingerprint density at radius 2 is 2.33 bits per heavy atom. The predicted octanol–water partition coefficient (Wildman–Crippen LogP) is -0.0274. The van der Waals surface area contributed by atoms with Crippen LogP contribution in [0.25, 0.3) is 0 Å². The third-order valence-electron chi connectivity index (χ3n) is 2.42. The summed E-state index contributed by atoms with van der Waals surface area (Å²) in [4.78, 5) is 0. The van der Waals surface area contributed by atoms with Gasteiger partial charge in [0.15, 0.2) is 0 Å². The van der Waals surface area contributed by atoms with Crippen LogP contribution >= 0.6 is 0 Å². The second kappa shape index (κ2) is 2.27. The van der Waals surface area contributed by atoms with Gasteiger partial charge in [-0.25, -0.2) is 5.32 Å². The fourth-order valence-corrected chi connectivity index (χ4v) is 1.83. The normalized spacial score (nSPS) is 42.7. The molecule has 2 rings (SSSR count). The fourth-order valence-electron chi connectivity index (χ4n) is 1.83. The minimum atomic E-state index is 0.749. The summed E-state index contributed by atoms with van der Waals surface area (Å²) < 4.78 is 0. The molecule has 0 spiro atoms. The molecule has 2 unspecified atom stereocenters. The Morgan fingerprint density at radius 1 is 1.33 bits per heavy atom. The standard InChI is InChI=1S/C7H13N2/c1-2-6-4-8-5-7(6)9-3-1/h6-7,9H,1-5H2. The van der Waals surface area contributed by atoms with E-state index in [-0.39, 0.29) is 0 Å². The van der Waals surface area contributed by atoms with Crippen molar-refractivity contribution in [1.82, 2.24) is 10.6 Å². The molecule has 9 heavy (non-hydrogen) atoms. The first-order valence-electron chi connectivity index (χ1n) is 3.83. The highest BCUT2D eigenvalue weighted by atomic mass is 15.0. The summed E-state index contributed by atoms with van der Waals surface area (Å²) in [7, 11) is 0. The van der Waals surface area contributed by atoms with Crippen LogP contribution in [-0.2, 0) is 0 Å². The lowest BCUT2D eigenvalue weighted by molar-refractivity contribution is 0.339. The van der Waals surface area contributed by atoms with Crippen LogP contribution in [0.5, 0.6) is 0 Å². The largest absolute Gasteiger partial charge is 0.312 e. The van der Waals surface area contributed by atoms with Crippen LogP contribution < -0.4 is 10.6 Å². The predicted molar refractivity (Wildman–Crippen MR) is 36.4 cm³/mol. The summed E-state index contributed by atoms with van der Waals surface area (Å²) in [5, 5.41) is 7.85. The lowest BCUT2D eigenvalue weighted by atomic mass is 9.94. The van der Waals surface area contributed by atoms with Gasteiger partial charge in [-0.05, 0) is 25.3 Å². The number of rotatable bonds is 0. The number of hydrogen-bond donors (Lipinski definition) is 1. The minimum Gasteiger partial charge on any atom is -0.312 e. The summed E-state index contributed by atoms with van der Waals surface area (Å²) in [5.41, 5.74) is 0. The molecule has 0 saturated carbocycles. The third kappa shape index (κ3) is 0.970. The van der Waals surface area contributed by atoms with E-state index in [0.29, 0.717) is 0 Å². The van der Waals surface area contributed by atoms with Gasteiger partial charge in [0.25, 0.3) is 0 Å². The van der Waals surface area contributed by atoms with Crippen molar-refractivity contribution in [3.05, 3.63) is 0 Å². The lowest BCUT2D eigenvalue weighted by Gasteiger charge is -2.24. The molecule has 51 valence electrons. The van der Waals surface area contributed by atoms with Crippen LogP contribution in [0.2, 0.25) is 0 Å². The van der Waals surface area contributed by atoms with Crippen molar-refractivity contribution in [3.8, 4) is 0 Å². The number of nitrogens with one attached hydrogen (secondary N) is 1. The van der Waals surface area contributed by atoms with Crippen molar-refractivity contribution in [2.45, 2.75) is 18.9 Å². The van der Waals surface area contributed by atoms with E-state index < -0.39 is 0 Å². The van der Waals surface area contributed by atoms with E-state index in [1.807, 2.05) is 0 Å². The van der Waals surface area contributed by atoms with E-state index in [9.17, 15) is 0 Å². The minimum absolute atomic E-state index is 0.749. The monoisotopic (exact) mass is 125 g/mol. The summed E-state index contributed by atoms with van der Waals surface area (Å²) >= 11 is 0. The summed E-state index contributed by atoms with van der Waals surface area (Å²) in [6, 6.07) is 0.749. The van der Waals surface area contributed by atoms with Gasteiger partial charge in [-0.1, -0.05) is 0 Å². The highest BCUT2D eigenvalue weighted by Gasteiger charge is 2.29. The Morgan fingerprint density at radius 3 is 3.22 bits per heavy atom. The molecule has 0 bridgehead atoms. The van der Waals surface area contributed by atoms with E-state index in [4.69, 9.17) is 0 Å². The Kier molecular flexibility index (Phi) is 1.44. The molecule has 2 heteroatoms. The van der Waals surface area contributed by atoms with E-state index in [1.54, 1.807) is 0 Å². The molecule has 2 heterocycles. The Balaban J connectivity index is 1.97. The number of fused-ring (bicyclic) bond motifs is 1. The third-order valence-corrected chi connectivity index (χ3v) is 2.42. The Hall–Kier alpha value is -0.0800. The molecule has 2 aliphatic heterocycles. The van der Waals surface area contributed by atoms with Gasteiger partial charge in [0, 0.05) is 19.1 Å².